The molecule has 7 heteroatoms. The van der Waals surface area contributed by atoms with Crippen molar-refractivity contribution in [2.24, 2.45) is 10.8 Å². The van der Waals surface area contributed by atoms with E-state index < -0.39 is 0 Å². The lowest BCUT2D eigenvalue weighted by Crippen LogP contribution is -2.48. The van der Waals surface area contributed by atoms with Crippen LogP contribution < -0.4 is 10.2 Å². The molecule has 0 aromatic carbocycles. The first-order valence-corrected chi connectivity index (χ1v) is 8.27. The molecule has 3 heterocycles. The summed E-state index contributed by atoms with van der Waals surface area (Å²) in [6.07, 6.45) is 0. The van der Waals surface area contributed by atoms with E-state index in [9.17, 15) is 0 Å². The van der Waals surface area contributed by atoms with Gasteiger partial charge in [0.15, 0.2) is 0 Å². The zero-order valence-corrected chi connectivity index (χ0v) is 14.0. The SMILES string of the molecule is CC1(C)COB(c2csc(B3OCC(C)(C)CO3)c2)OC1. The summed E-state index contributed by atoms with van der Waals surface area (Å²) in [7, 11) is -0.514. The first-order valence-electron chi connectivity index (χ1n) is 7.39. The molecule has 4 nitrogen and oxygen atoms in total. The molecule has 1 aromatic rings. The molecule has 2 fully saturated rings. The van der Waals surface area contributed by atoms with Crippen molar-refractivity contribution >= 4 is 35.8 Å². The molecule has 0 radical (unpaired) electrons. The second kappa shape index (κ2) is 5.70. The molecule has 0 N–H and O–H groups in total. The highest BCUT2D eigenvalue weighted by Crippen LogP contribution is 2.23. The van der Waals surface area contributed by atoms with E-state index in [-0.39, 0.29) is 25.1 Å². The molecule has 2 aliphatic rings. The maximum atomic E-state index is 5.82. The van der Waals surface area contributed by atoms with Crippen LogP contribution in [0, 0.1) is 10.8 Å². The third-order valence-electron chi connectivity index (χ3n) is 3.65. The third-order valence-corrected chi connectivity index (χ3v) is 4.62. The molecule has 21 heavy (non-hydrogen) atoms. The average Bonchev–Trinajstić information content (AvgIpc) is 2.88. The van der Waals surface area contributed by atoms with Crippen molar-refractivity contribution in [2.45, 2.75) is 27.7 Å². The van der Waals surface area contributed by atoms with Gasteiger partial charge in [-0.05, 0) is 10.8 Å². The molecule has 0 bridgehead atoms. The van der Waals surface area contributed by atoms with Gasteiger partial charge in [0.2, 0.25) is 0 Å². The Morgan fingerprint density at radius 1 is 0.857 bits per heavy atom. The summed E-state index contributed by atoms with van der Waals surface area (Å²) >= 11 is 1.64. The van der Waals surface area contributed by atoms with Gasteiger partial charge < -0.3 is 18.6 Å². The Balaban J connectivity index is 1.62. The molecule has 0 atom stereocenters. The zero-order chi connectivity index (χ0) is 15.1. The van der Waals surface area contributed by atoms with Gasteiger partial charge in [-0.2, -0.15) is 11.3 Å². The largest absolute Gasteiger partial charge is 0.504 e. The first kappa shape index (κ1) is 15.6. The second-order valence-corrected chi connectivity index (χ2v) is 8.46. The average molecular weight is 308 g/mol. The molecule has 2 aliphatic heterocycles. The van der Waals surface area contributed by atoms with Crippen molar-refractivity contribution in [2.75, 3.05) is 26.4 Å². The lowest BCUT2D eigenvalue weighted by molar-refractivity contribution is 0.0341. The first-order chi connectivity index (χ1) is 9.85. The lowest BCUT2D eigenvalue weighted by Gasteiger charge is -2.33. The van der Waals surface area contributed by atoms with E-state index in [1.165, 1.54) is 0 Å². The fourth-order valence-electron chi connectivity index (χ4n) is 2.36. The van der Waals surface area contributed by atoms with Crippen molar-refractivity contribution < 1.29 is 18.6 Å². The van der Waals surface area contributed by atoms with E-state index >= 15 is 0 Å². The van der Waals surface area contributed by atoms with Crippen LogP contribution >= 0.6 is 11.3 Å². The summed E-state index contributed by atoms with van der Waals surface area (Å²) in [5.41, 5.74) is 1.25. The van der Waals surface area contributed by atoms with Crippen LogP contribution in [0.3, 0.4) is 0 Å². The van der Waals surface area contributed by atoms with Crippen molar-refractivity contribution in [3.8, 4) is 0 Å². The summed E-state index contributed by atoms with van der Waals surface area (Å²) in [6, 6.07) is 2.08. The summed E-state index contributed by atoms with van der Waals surface area (Å²) in [4.78, 5) is 0. The predicted octanol–water partition coefficient (Wildman–Crippen LogP) is 1.28. The monoisotopic (exact) mass is 308 g/mol. The topological polar surface area (TPSA) is 36.9 Å². The Kier molecular flexibility index (Phi) is 4.23. The highest BCUT2D eigenvalue weighted by molar-refractivity contribution is 7.21. The molecule has 3 rings (SSSR count). The minimum atomic E-state index is -0.261. The van der Waals surface area contributed by atoms with E-state index in [2.05, 4.69) is 39.1 Å². The smallest absolute Gasteiger partial charge is 0.407 e. The number of hydrogen-bond donors (Lipinski definition) is 0. The number of thiophene rings is 1. The molecule has 0 spiro atoms. The highest BCUT2D eigenvalue weighted by atomic mass is 32.1. The Morgan fingerprint density at radius 3 is 1.86 bits per heavy atom. The van der Waals surface area contributed by atoms with Gasteiger partial charge in [-0.1, -0.05) is 33.8 Å². The second-order valence-electron chi connectivity index (χ2n) is 7.52. The van der Waals surface area contributed by atoms with E-state index in [1.54, 1.807) is 11.3 Å². The van der Waals surface area contributed by atoms with E-state index in [0.29, 0.717) is 13.2 Å². The van der Waals surface area contributed by atoms with Gasteiger partial charge >= 0.3 is 14.2 Å². The van der Waals surface area contributed by atoms with E-state index in [1.807, 2.05) is 0 Å². The highest BCUT2D eigenvalue weighted by Gasteiger charge is 2.37. The number of hydrogen-bond acceptors (Lipinski definition) is 5. The van der Waals surface area contributed by atoms with Crippen LogP contribution in [0.2, 0.25) is 0 Å². The summed E-state index contributed by atoms with van der Waals surface area (Å²) in [5.74, 6) is 0. The van der Waals surface area contributed by atoms with E-state index in [4.69, 9.17) is 18.6 Å². The van der Waals surface area contributed by atoms with Crippen LogP contribution in [0.4, 0.5) is 0 Å². The van der Waals surface area contributed by atoms with Crippen LogP contribution in [0.1, 0.15) is 27.7 Å². The van der Waals surface area contributed by atoms with Gasteiger partial charge in [0, 0.05) is 42.0 Å². The van der Waals surface area contributed by atoms with Crippen LogP contribution in [0.15, 0.2) is 11.4 Å². The maximum Gasteiger partial charge on any atom is 0.504 e. The lowest BCUT2D eigenvalue weighted by atomic mass is 9.75. The Bertz CT molecular complexity index is 440. The zero-order valence-electron chi connectivity index (χ0n) is 13.2. The maximum absolute atomic E-state index is 5.82. The summed E-state index contributed by atoms with van der Waals surface area (Å²) in [5, 5.41) is 2.07. The van der Waals surface area contributed by atoms with Gasteiger partial charge in [-0.15, -0.1) is 0 Å². The fourth-order valence-corrected chi connectivity index (χ4v) is 3.26. The van der Waals surface area contributed by atoms with Crippen LogP contribution in [-0.2, 0) is 18.6 Å². The molecule has 0 unspecified atom stereocenters. The molecule has 0 aliphatic carbocycles. The van der Waals surface area contributed by atoms with Gasteiger partial charge in [0.1, 0.15) is 0 Å². The standard InChI is InChI=1S/C14H22B2O4S/c1-13(2)7-17-15(18-8-13)11-5-12(21-6-11)16-19-9-14(3,4)10-20-16/h5-6H,7-10H2,1-4H3. The normalized spacial score (nSPS) is 25.1. The molecule has 0 amide bonds. The molecule has 2 saturated heterocycles. The van der Waals surface area contributed by atoms with Crippen molar-refractivity contribution in [3.63, 3.8) is 0 Å². The Morgan fingerprint density at radius 2 is 1.33 bits per heavy atom. The van der Waals surface area contributed by atoms with Crippen molar-refractivity contribution in [3.05, 3.63) is 11.4 Å². The van der Waals surface area contributed by atoms with Gasteiger partial charge in [-0.3, -0.25) is 0 Å². The third kappa shape index (κ3) is 3.71. The fraction of sp³-hybridized carbons (Fsp3) is 0.714. The minimum absolute atomic E-state index is 0.0938. The summed E-state index contributed by atoms with van der Waals surface area (Å²) in [6.45, 7) is 11.5. The molecule has 0 saturated carbocycles. The molecule has 1 aromatic heterocycles. The Labute approximate surface area is 131 Å². The molecular formula is C14H22B2O4S. The van der Waals surface area contributed by atoms with E-state index in [0.717, 1.165) is 23.5 Å². The van der Waals surface area contributed by atoms with Gasteiger partial charge in [0.25, 0.3) is 0 Å². The minimum Gasteiger partial charge on any atom is -0.407 e. The van der Waals surface area contributed by atoms with Crippen molar-refractivity contribution in [1.82, 2.24) is 0 Å². The van der Waals surface area contributed by atoms with Crippen LogP contribution in [0.25, 0.3) is 0 Å². The molecule has 114 valence electrons. The van der Waals surface area contributed by atoms with Crippen molar-refractivity contribution in [1.29, 1.82) is 0 Å². The predicted molar refractivity (Wildman–Crippen MR) is 86.5 cm³/mol. The Hall–Kier alpha value is -0.330. The number of rotatable bonds is 2. The van der Waals surface area contributed by atoms with Gasteiger partial charge in [-0.25, -0.2) is 0 Å². The summed E-state index contributed by atoms with van der Waals surface area (Å²) < 4.78 is 24.4. The van der Waals surface area contributed by atoms with Crippen LogP contribution in [0.5, 0.6) is 0 Å². The quantitative estimate of drug-likeness (QED) is 0.772. The van der Waals surface area contributed by atoms with Gasteiger partial charge in [0.05, 0.1) is 0 Å². The van der Waals surface area contributed by atoms with Crippen LogP contribution in [-0.4, -0.2) is 40.7 Å². The molecular weight excluding hydrogens is 286 g/mol.